The first kappa shape index (κ1) is 13.8. The molecule has 1 aromatic carbocycles. The Morgan fingerprint density at radius 2 is 1.84 bits per heavy atom. The average molecular weight is 265 g/mol. The number of rotatable bonds is 3. The summed E-state index contributed by atoms with van der Waals surface area (Å²) in [6.45, 7) is -0.618. The van der Waals surface area contributed by atoms with E-state index in [4.69, 9.17) is 0 Å². The first-order valence-corrected chi connectivity index (χ1v) is 6.52. The predicted octanol–water partition coefficient (Wildman–Crippen LogP) is 4.26. The highest BCUT2D eigenvalue weighted by Gasteiger charge is 2.35. The normalized spacial score (nSPS) is 27.0. The molecule has 2 nitrogen and oxygen atoms in total. The molecular weight excluding hydrogens is 248 g/mol. The first-order valence-electron chi connectivity index (χ1n) is 6.52. The van der Waals surface area contributed by atoms with Crippen molar-refractivity contribution in [1.82, 2.24) is 0 Å². The number of halogens is 2. The molecule has 0 saturated heterocycles. The van der Waals surface area contributed by atoms with E-state index in [1.807, 2.05) is 0 Å². The fraction of sp³-hybridized carbons (Fsp3) is 0.533. The third-order valence-electron chi connectivity index (χ3n) is 3.97. The van der Waals surface area contributed by atoms with Crippen LogP contribution in [0.25, 0.3) is 0 Å². The van der Waals surface area contributed by atoms with Crippen LogP contribution in [-0.4, -0.2) is 6.61 Å². The topological polar surface area (TPSA) is 33.0 Å². The fourth-order valence-corrected chi connectivity index (χ4v) is 2.68. The van der Waals surface area contributed by atoms with Crippen LogP contribution >= 0.6 is 0 Å². The van der Waals surface area contributed by atoms with Crippen LogP contribution < -0.4 is 4.74 Å². The summed E-state index contributed by atoms with van der Waals surface area (Å²) in [5.74, 6) is 0.791. The second-order valence-corrected chi connectivity index (χ2v) is 5.28. The van der Waals surface area contributed by atoms with Gasteiger partial charge in [-0.25, -0.2) is 0 Å². The van der Waals surface area contributed by atoms with Crippen LogP contribution in [0.3, 0.4) is 0 Å². The Labute approximate surface area is 112 Å². The van der Waals surface area contributed by atoms with Crippen LogP contribution in [0, 0.1) is 17.2 Å². The van der Waals surface area contributed by atoms with Gasteiger partial charge in [0.15, 0.2) is 0 Å². The largest absolute Gasteiger partial charge is 0.435 e. The van der Waals surface area contributed by atoms with Gasteiger partial charge in [0.25, 0.3) is 0 Å². The molecule has 1 saturated carbocycles. The van der Waals surface area contributed by atoms with Crippen molar-refractivity contribution in [3.63, 3.8) is 0 Å². The van der Waals surface area contributed by atoms with E-state index in [1.54, 1.807) is 12.1 Å². The molecule has 1 fully saturated rings. The van der Waals surface area contributed by atoms with E-state index < -0.39 is 12.0 Å². The highest BCUT2D eigenvalue weighted by Crippen LogP contribution is 2.41. The van der Waals surface area contributed by atoms with Gasteiger partial charge in [0, 0.05) is 0 Å². The van der Waals surface area contributed by atoms with E-state index in [2.05, 4.69) is 17.7 Å². The molecule has 0 atom stereocenters. The molecule has 2 rings (SSSR count). The van der Waals surface area contributed by atoms with Crippen molar-refractivity contribution in [3.05, 3.63) is 29.8 Å². The Bertz CT molecular complexity index is 456. The van der Waals surface area contributed by atoms with E-state index >= 15 is 0 Å². The monoisotopic (exact) mass is 265 g/mol. The van der Waals surface area contributed by atoms with Crippen LogP contribution in [0.1, 0.15) is 38.2 Å². The zero-order valence-corrected chi connectivity index (χ0v) is 10.9. The van der Waals surface area contributed by atoms with Crippen molar-refractivity contribution in [2.45, 2.75) is 44.6 Å². The molecule has 0 N–H and O–H groups in total. The number of nitriles is 1. The van der Waals surface area contributed by atoms with E-state index in [0.29, 0.717) is 5.92 Å². The summed E-state index contributed by atoms with van der Waals surface area (Å²) in [4.78, 5) is 0. The molecule has 0 spiro atoms. The standard InChI is InChI=1S/C15H17F2NO/c1-11-6-8-15(10-18,9-7-11)12-2-4-13(5-3-12)19-14(16)17/h2-5,11,14H,6-9H2,1H3. The number of hydrogen-bond donors (Lipinski definition) is 0. The Balaban J connectivity index is 2.18. The van der Waals surface area contributed by atoms with E-state index in [1.165, 1.54) is 12.1 Å². The molecule has 0 radical (unpaired) electrons. The molecule has 1 aliphatic carbocycles. The Kier molecular flexibility index (Phi) is 4.04. The van der Waals surface area contributed by atoms with Gasteiger partial charge in [0.05, 0.1) is 11.5 Å². The van der Waals surface area contributed by atoms with E-state index in [0.717, 1.165) is 31.2 Å². The fourth-order valence-electron chi connectivity index (χ4n) is 2.68. The summed E-state index contributed by atoms with van der Waals surface area (Å²) in [7, 11) is 0. The Morgan fingerprint density at radius 1 is 1.26 bits per heavy atom. The third kappa shape index (κ3) is 3.04. The summed E-state index contributed by atoms with van der Waals surface area (Å²) in [5, 5.41) is 9.49. The number of hydrogen-bond acceptors (Lipinski definition) is 2. The molecule has 0 amide bonds. The molecule has 4 heteroatoms. The van der Waals surface area contributed by atoms with Crippen LogP contribution in [0.2, 0.25) is 0 Å². The second kappa shape index (κ2) is 5.56. The smallest absolute Gasteiger partial charge is 0.387 e. The quantitative estimate of drug-likeness (QED) is 0.818. The van der Waals surface area contributed by atoms with Gasteiger partial charge in [-0.2, -0.15) is 14.0 Å². The van der Waals surface area contributed by atoms with Crippen molar-refractivity contribution in [2.75, 3.05) is 0 Å². The predicted molar refractivity (Wildman–Crippen MR) is 68.0 cm³/mol. The van der Waals surface area contributed by atoms with Crippen LogP contribution in [0.5, 0.6) is 5.75 Å². The van der Waals surface area contributed by atoms with Gasteiger partial charge in [-0.05, 0) is 49.3 Å². The lowest BCUT2D eigenvalue weighted by atomic mass is 9.68. The maximum absolute atomic E-state index is 12.1. The van der Waals surface area contributed by atoms with Crippen molar-refractivity contribution < 1.29 is 13.5 Å². The summed E-state index contributed by atoms with van der Waals surface area (Å²) < 4.78 is 28.5. The molecule has 1 aromatic rings. The lowest BCUT2D eigenvalue weighted by Crippen LogP contribution is -2.29. The maximum Gasteiger partial charge on any atom is 0.387 e. The average Bonchev–Trinajstić information content (AvgIpc) is 2.40. The van der Waals surface area contributed by atoms with Crippen LogP contribution in [0.4, 0.5) is 8.78 Å². The first-order chi connectivity index (χ1) is 9.05. The number of benzene rings is 1. The summed E-state index contributed by atoms with van der Waals surface area (Å²) in [5.41, 5.74) is 0.444. The highest BCUT2D eigenvalue weighted by atomic mass is 19.3. The number of alkyl halides is 2. The molecular formula is C15H17F2NO. The molecule has 1 aliphatic rings. The second-order valence-electron chi connectivity index (χ2n) is 5.28. The molecule has 0 unspecified atom stereocenters. The molecule has 0 aliphatic heterocycles. The lowest BCUT2D eigenvalue weighted by molar-refractivity contribution is -0.0498. The highest BCUT2D eigenvalue weighted by molar-refractivity contribution is 5.37. The van der Waals surface area contributed by atoms with Crippen molar-refractivity contribution >= 4 is 0 Å². The number of nitrogens with zero attached hydrogens (tertiary/aromatic N) is 1. The molecule has 0 bridgehead atoms. The maximum atomic E-state index is 12.1. The Hall–Kier alpha value is -1.63. The van der Waals surface area contributed by atoms with Gasteiger partial charge in [0.2, 0.25) is 0 Å². The van der Waals surface area contributed by atoms with Gasteiger partial charge in [-0.1, -0.05) is 19.1 Å². The number of ether oxygens (including phenoxy) is 1. The van der Waals surface area contributed by atoms with Gasteiger partial charge in [0.1, 0.15) is 5.75 Å². The van der Waals surface area contributed by atoms with Gasteiger partial charge >= 0.3 is 6.61 Å². The van der Waals surface area contributed by atoms with Gasteiger partial charge in [-0.15, -0.1) is 0 Å². The molecule has 19 heavy (non-hydrogen) atoms. The summed E-state index contributed by atoms with van der Waals surface area (Å²) in [6, 6.07) is 8.92. The zero-order chi connectivity index (χ0) is 13.9. The SMILES string of the molecule is CC1CCC(C#N)(c2ccc(OC(F)F)cc2)CC1. The van der Waals surface area contributed by atoms with E-state index in [-0.39, 0.29) is 5.75 Å². The van der Waals surface area contributed by atoms with Crippen LogP contribution in [0.15, 0.2) is 24.3 Å². The summed E-state index contributed by atoms with van der Waals surface area (Å²) >= 11 is 0. The minimum Gasteiger partial charge on any atom is -0.435 e. The third-order valence-corrected chi connectivity index (χ3v) is 3.97. The van der Waals surface area contributed by atoms with Crippen molar-refractivity contribution in [2.24, 2.45) is 5.92 Å². The molecule has 0 heterocycles. The molecule has 102 valence electrons. The van der Waals surface area contributed by atoms with Crippen molar-refractivity contribution in [3.8, 4) is 11.8 Å². The minimum atomic E-state index is -2.81. The van der Waals surface area contributed by atoms with Gasteiger partial charge in [-0.3, -0.25) is 0 Å². The summed E-state index contributed by atoms with van der Waals surface area (Å²) in [6.07, 6.45) is 3.73. The lowest BCUT2D eigenvalue weighted by Gasteiger charge is -2.34. The zero-order valence-electron chi connectivity index (χ0n) is 10.9. The minimum absolute atomic E-state index is 0.135. The van der Waals surface area contributed by atoms with Crippen molar-refractivity contribution in [1.29, 1.82) is 5.26 Å². The van der Waals surface area contributed by atoms with E-state index in [9.17, 15) is 14.0 Å². The molecule has 0 aromatic heterocycles. The Morgan fingerprint density at radius 3 is 2.32 bits per heavy atom. The van der Waals surface area contributed by atoms with Crippen LogP contribution in [-0.2, 0) is 5.41 Å². The van der Waals surface area contributed by atoms with Gasteiger partial charge < -0.3 is 4.74 Å².